The first kappa shape index (κ1) is 22.9. The molecule has 2 aromatic carbocycles. The number of Topliss-reactive ketones (excluding diaryl/α,β-unsaturated/α-hetero) is 1. The maximum absolute atomic E-state index is 12.3. The summed E-state index contributed by atoms with van der Waals surface area (Å²) in [6.45, 7) is 7.63. The van der Waals surface area contributed by atoms with Crippen molar-refractivity contribution in [3.05, 3.63) is 63.7 Å². The van der Waals surface area contributed by atoms with Crippen molar-refractivity contribution < 1.29 is 9.59 Å². The Morgan fingerprint density at radius 1 is 1.18 bits per heavy atom. The Bertz CT molecular complexity index is 850. The van der Waals surface area contributed by atoms with Crippen molar-refractivity contribution in [1.29, 1.82) is 0 Å². The number of ketones is 1. The molecule has 3 atom stereocenters. The zero-order valence-corrected chi connectivity index (χ0v) is 19.6. The molecule has 0 aliphatic rings. The predicted octanol–water partition coefficient (Wildman–Crippen LogP) is 4.19. The first-order valence-electron chi connectivity index (χ1n) is 9.69. The smallest absolute Gasteiger partial charge is 0.150 e. The fourth-order valence-electron chi connectivity index (χ4n) is 3.68. The van der Waals surface area contributed by atoms with Gasteiger partial charge in [0.1, 0.15) is 5.78 Å². The van der Waals surface area contributed by atoms with Crippen LogP contribution in [0.15, 0.2) is 30.3 Å². The van der Waals surface area contributed by atoms with Crippen molar-refractivity contribution in [1.82, 2.24) is 4.90 Å². The minimum absolute atomic E-state index is 0.170. The molecule has 0 heterocycles. The third-order valence-corrected chi connectivity index (χ3v) is 6.89. The second-order valence-electron chi connectivity index (χ2n) is 7.36. The number of carbonyl (C=O) groups excluding carboxylic acids is 2. The third kappa shape index (κ3) is 5.15. The molecule has 0 spiro atoms. The number of carbonyl (C=O) groups is 2. The highest BCUT2D eigenvalue weighted by molar-refractivity contribution is 7.28. The van der Waals surface area contributed by atoms with Gasteiger partial charge < -0.3 is 4.90 Å². The summed E-state index contributed by atoms with van der Waals surface area (Å²) in [5.74, 6) is 0.170. The van der Waals surface area contributed by atoms with Crippen LogP contribution in [0.2, 0.25) is 0 Å². The Balaban J connectivity index is 2.29. The SMILES string of the molecule is CCC(=O)C(P)c1c(C)c(C=O)c(CCN(C)Cc2ccccc2)c(C)c1P. The van der Waals surface area contributed by atoms with Crippen LogP contribution >= 0.6 is 18.5 Å². The van der Waals surface area contributed by atoms with Crippen LogP contribution in [0.1, 0.15) is 57.2 Å². The minimum atomic E-state index is -0.273. The van der Waals surface area contributed by atoms with E-state index in [1.807, 2.05) is 19.9 Å². The lowest BCUT2D eigenvalue weighted by Gasteiger charge is -2.24. The van der Waals surface area contributed by atoms with E-state index in [0.29, 0.717) is 6.42 Å². The average Bonchev–Trinajstić information content (AvgIpc) is 2.69. The summed E-state index contributed by atoms with van der Waals surface area (Å²) in [6.07, 6.45) is 2.24. The molecule has 0 radical (unpaired) electrons. The van der Waals surface area contributed by atoms with Crippen molar-refractivity contribution in [2.24, 2.45) is 0 Å². The van der Waals surface area contributed by atoms with Crippen LogP contribution < -0.4 is 5.30 Å². The molecule has 2 rings (SSSR count). The van der Waals surface area contributed by atoms with E-state index in [2.05, 4.69) is 61.6 Å². The molecule has 0 saturated heterocycles. The zero-order valence-electron chi connectivity index (χ0n) is 17.3. The van der Waals surface area contributed by atoms with Crippen LogP contribution in [0.25, 0.3) is 0 Å². The number of hydrogen-bond donors (Lipinski definition) is 0. The van der Waals surface area contributed by atoms with Crippen molar-refractivity contribution >= 4 is 35.9 Å². The second kappa shape index (κ2) is 10.4. The maximum Gasteiger partial charge on any atom is 0.150 e. The molecular weight excluding hydrogens is 384 g/mol. The Hall–Kier alpha value is -1.40. The van der Waals surface area contributed by atoms with Gasteiger partial charge in [0, 0.05) is 25.1 Å². The maximum atomic E-state index is 12.3. The Morgan fingerprint density at radius 3 is 2.39 bits per heavy atom. The molecule has 3 nitrogen and oxygen atoms in total. The van der Waals surface area contributed by atoms with E-state index in [9.17, 15) is 9.59 Å². The average molecular weight is 415 g/mol. The number of hydrogen-bond acceptors (Lipinski definition) is 3. The van der Waals surface area contributed by atoms with Crippen molar-refractivity contribution in [3.63, 3.8) is 0 Å². The van der Waals surface area contributed by atoms with Crippen LogP contribution in [0.5, 0.6) is 0 Å². The first-order chi connectivity index (χ1) is 13.3. The lowest BCUT2D eigenvalue weighted by molar-refractivity contribution is -0.118. The van der Waals surface area contributed by atoms with Gasteiger partial charge >= 0.3 is 0 Å². The summed E-state index contributed by atoms with van der Waals surface area (Å²) in [5, 5.41) is 1.05. The largest absolute Gasteiger partial charge is 0.302 e. The summed E-state index contributed by atoms with van der Waals surface area (Å²) in [7, 11) is 7.56. The molecule has 0 fully saturated rings. The Morgan fingerprint density at radius 2 is 1.82 bits per heavy atom. The molecular formula is C23H31NO2P2. The van der Waals surface area contributed by atoms with Gasteiger partial charge in [-0.2, -0.15) is 0 Å². The number of aldehydes is 1. The molecule has 0 amide bonds. The Labute approximate surface area is 173 Å². The van der Waals surface area contributed by atoms with Gasteiger partial charge in [0.2, 0.25) is 0 Å². The van der Waals surface area contributed by atoms with E-state index < -0.39 is 0 Å². The van der Waals surface area contributed by atoms with Gasteiger partial charge in [-0.25, -0.2) is 0 Å². The molecule has 3 unspecified atom stereocenters. The summed E-state index contributed by atoms with van der Waals surface area (Å²) < 4.78 is 0. The van der Waals surface area contributed by atoms with Gasteiger partial charge in [-0.15, -0.1) is 18.5 Å². The topological polar surface area (TPSA) is 37.4 Å². The van der Waals surface area contributed by atoms with E-state index in [-0.39, 0.29) is 11.4 Å². The van der Waals surface area contributed by atoms with E-state index in [0.717, 1.165) is 58.9 Å². The summed E-state index contributed by atoms with van der Waals surface area (Å²) in [6, 6.07) is 10.4. The third-order valence-electron chi connectivity index (χ3n) is 5.44. The van der Waals surface area contributed by atoms with Gasteiger partial charge in [-0.05, 0) is 60.4 Å². The summed E-state index contributed by atoms with van der Waals surface area (Å²) in [4.78, 5) is 26.5. The lowest BCUT2D eigenvalue weighted by atomic mass is 9.89. The number of likely N-dealkylation sites (N-methyl/N-ethyl adjacent to an activating group) is 1. The molecule has 0 saturated carbocycles. The minimum Gasteiger partial charge on any atom is -0.302 e. The monoisotopic (exact) mass is 415 g/mol. The molecule has 0 bridgehead atoms. The standard InChI is InChI=1S/C23H31NO2P2/c1-5-20(26)23(28)21-15(2)19(14-25)18(16(3)22(21)27)11-12-24(4)13-17-9-7-6-8-10-17/h6-10,14,23H,5,11-13,27-28H2,1-4H3. The van der Waals surface area contributed by atoms with E-state index >= 15 is 0 Å². The quantitative estimate of drug-likeness (QED) is 0.455. The van der Waals surface area contributed by atoms with Crippen LogP contribution in [-0.4, -0.2) is 30.6 Å². The molecule has 28 heavy (non-hydrogen) atoms. The molecule has 0 aliphatic carbocycles. The number of benzene rings is 2. The summed E-state index contributed by atoms with van der Waals surface area (Å²) in [5.41, 5.74) is 5.81. The Kier molecular flexibility index (Phi) is 8.50. The number of nitrogens with zero attached hydrogens (tertiary/aromatic N) is 1. The summed E-state index contributed by atoms with van der Waals surface area (Å²) >= 11 is 0. The normalized spacial score (nSPS) is 12.2. The predicted molar refractivity (Wildman–Crippen MR) is 125 cm³/mol. The molecule has 0 aliphatic heterocycles. The molecule has 0 aromatic heterocycles. The van der Waals surface area contributed by atoms with Gasteiger partial charge in [0.15, 0.2) is 6.29 Å². The van der Waals surface area contributed by atoms with Crippen LogP contribution in [0.4, 0.5) is 0 Å². The molecule has 150 valence electrons. The molecule has 2 aromatic rings. The lowest BCUT2D eigenvalue weighted by Crippen LogP contribution is -2.24. The molecule has 0 N–H and O–H groups in total. The molecule has 5 heteroatoms. The fourth-order valence-corrected chi connectivity index (χ4v) is 5.11. The second-order valence-corrected chi connectivity index (χ2v) is 8.60. The van der Waals surface area contributed by atoms with Crippen LogP contribution in [0, 0.1) is 13.8 Å². The van der Waals surface area contributed by atoms with Gasteiger partial charge in [-0.1, -0.05) is 37.3 Å². The highest BCUT2D eigenvalue weighted by Crippen LogP contribution is 2.32. The van der Waals surface area contributed by atoms with Crippen LogP contribution in [0.3, 0.4) is 0 Å². The van der Waals surface area contributed by atoms with E-state index in [4.69, 9.17) is 0 Å². The van der Waals surface area contributed by atoms with Gasteiger partial charge in [0.25, 0.3) is 0 Å². The van der Waals surface area contributed by atoms with Crippen molar-refractivity contribution in [3.8, 4) is 0 Å². The highest BCUT2D eigenvalue weighted by atomic mass is 31.0. The zero-order chi connectivity index (χ0) is 20.8. The van der Waals surface area contributed by atoms with Crippen molar-refractivity contribution in [2.45, 2.75) is 45.8 Å². The van der Waals surface area contributed by atoms with Crippen LogP contribution in [-0.2, 0) is 17.8 Å². The first-order valence-corrected chi connectivity index (χ1v) is 10.9. The van der Waals surface area contributed by atoms with Crippen molar-refractivity contribution in [2.75, 3.05) is 13.6 Å². The van der Waals surface area contributed by atoms with E-state index in [1.54, 1.807) is 0 Å². The van der Waals surface area contributed by atoms with Gasteiger partial charge in [-0.3, -0.25) is 9.59 Å². The fraction of sp³-hybridized carbons (Fsp3) is 0.391. The van der Waals surface area contributed by atoms with Gasteiger partial charge in [0.05, 0.1) is 5.66 Å². The highest BCUT2D eigenvalue weighted by Gasteiger charge is 2.24. The number of rotatable bonds is 9. The van der Waals surface area contributed by atoms with E-state index in [1.165, 1.54) is 5.56 Å².